The largest absolute Gasteiger partial charge is 0.508 e. The van der Waals surface area contributed by atoms with Crippen LogP contribution in [0.2, 0.25) is 0 Å². The maximum atomic E-state index is 13.2. The van der Waals surface area contributed by atoms with E-state index >= 15 is 0 Å². The van der Waals surface area contributed by atoms with E-state index in [1.807, 2.05) is 138 Å². The van der Waals surface area contributed by atoms with Crippen LogP contribution in [0.25, 0.3) is 67.1 Å². The number of hydrogen-bond donors (Lipinski definition) is 2. The Morgan fingerprint density at radius 3 is 1.67 bits per heavy atom. The summed E-state index contributed by atoms with van der Waals surface area (Å²) in [6, 6.07) is 57.5. The number of nitrogens with zero attached hydrogens (tertiary/aromatic N) is 1. The molecule has 10 nitrogen and oxygen atoms in total. The van der Waals surface area contributed by atoms with Crippen LogP contribution in [0.1, 0.15) is 18.1 Å². The number of pyridine rings is 2. The highest BCUT2D eigenvalue weighted by Gasteiger charge is 2.23. The fraction of sp³-hybridized carbons (Fsp3) is 0.0727. The smallest absolute Gasteiger partial charge is 0.305 e. The number of phenolic OH excluding ortho intramolecular Hbond substituents is 1. The number of phenols is 1. The number of benzene rings is 6. The van der Waals surface area contributed by atoms with Gasteiger partial charge in [-0.2, -0.15) is 0 Å². The highest BCUT2D eigenvalue weighted by atomic mass is 35.5. The molecule has 0 atom stereocenters. The van der Waals surface area contributed by atoms with Gasteiger partial charge in [-0.15, -0.1) is 0 Å². The van der Waals surface area contributed by atoms with Gasteiger partial charge in [0.05, 0.1) is 17.3 Å². The first-order chi connectivity index (χ1) is 32.6. The lowest BCUT2D eigenvalue weighted by Gasteiger charge is -2.08. The Balaban J connectivity index is 0.000000172. The summed E-state index contributed by atoms with van der Waals surface area (Å²) in [7, 11) is 0. The molecule has 0 bridgehead atoms. The lowest BCUT2D eigenvalue weighted by molar-refractivity contribution is -0.140. The van der Waals surface area contributed by atoms with Crippen molar-refractivity contribution in [2.45, 2.75) is 25.1 Å². The van der Waals surface area contributed by atoms with Gasteiger partial charge in [-0.05, 0) is 70.8 Å². The molecule has 12 heteroatoms. The maximum absolute atomic E-state index is 13.2. The number of furan rings is 2. The molecule has 67 heavy (non-hydrogen) atoms. The molecular formula is C55H42Cl2N2O8. The number of aromatic amines is 1. The van der Waals surface area contributed by atoms with Crippen LogP contribution in [0.4, 0.5) is 0 Å². The quantitative estimate of drug-likeness (QED) is 0.102. The Morgan fingerprint density at radius 2 is 1.12 bits per heavy atom. The molecule has 0 aliphatic heterocycles. The van der Waals surface area contributed by atoms with E-state index in [1.54, 1.807) is 42.7 Å². The zero-order chi connectivity index (χ0) is 46.7. The predicted molar refractivity (Wildman–Crippen MR) is 264 cm³/mol. The number of ether oxygens (including phenoxy) is 2. The molecule has 2 N–H and O–H groups in total. The van der Waals surface area contributed by atoms with Gasteiger partial charge in [-0.3, -0.25) is 14.4 Å². The average molecular weight is 930 g/mol. The zero-order valence-corrected chi connectivity index (χ0v) is 37.5. The minimum Gasteiger partial charge on any atom is -0.508 e. The highest BCUT2D eigenvalue weighted by molar-refractivity contribution is 6.43. The van der Waals surface area contributed by atoms with Crippen LogP contribution in [0.5, 0.6) is 11.5 Å². The molecule has 4 heterocycles. The molecule has 0 unspecified atom stereocenters. The summed E-state index contributed by atoms with van der Waals surface area (Å²) < 4.78 is 24.6. The predicted octanol–water partition coefficient (Wildman–Crippen LogP) is 13.0. The van der Waals surface area contributed by atoms with Crippen molar-refractivity contribution < 1.29 is 28.2 Å². The van der Waals surface area contributed by atoms with Crippen molar-refractivity contribution in [3.05, 3.63) is 226 Å². The molecule has 0 fully saturated rings. The minimum atomic E-state index is -1.03. The van der Waals surface area contributed by atoms with Crippen LogP contribution in [-0.2, 0) is 22.7 Å². The summed E-state index contributed by atoms with van der Waals surface area (Å²) in [5, 5.41) is 9.57. The van der Waals surface area contributed by atoms with Crippen molar-refractivity contribution in [2.24, 2.45) is 0 Å². The third-order valence-corrected chi connectivity index (χ3v) is 10.7. The van der Waals surface area contributed by atoms with Gasteiger partial charge >= 0.3 is 5.97 Å². The van der Waals surface area contributed by atoms with Crippen LogP contribution in [0.3, 0.4) is 0 Å². The van der Waals surface area contributed by atoms with Crippen molar-refractivity contribution in [3.8, 4) is 56.4 Å². The number of nitrogens with one attached hydrogen (secondary N) is 1. The lowest BCUT2D eigenvalue weighted by Crippen LogP contribution is -2.07. The van der Waals surface area contributed by atoms with Crippen molar-refractivity contribution in [1.82, 2.24) is 9.55 Å². The van der Waals surface area contributed by atoms with Gasteiger partial charge in [0, 0.05) is 53.7 Å². The Labute approximate surface area is 394 Å². The Kier molecular flexibility index (Phi) is 14.5. The average Bonchev–Trinajstić information content (AvgIpc) is 3.95. The van der Waals surface area contributed by atoms with E-state index in [0.29, 0.717) is 46.9 Å². The summed E-state index contributed by atoms with van der Waals surface area (Å²) in [5.41, 5.74) is 8.19. The molecule has 10 aromatic rings. The molecule has 4 aromatic heterocycles. The number of halogens is 2. The normalized spacial score (nSPS) is 10.8. The molecule has 10 rings (SSSR count). The van der Waals surface area contributed by atoms with E-state index < -0.39 is 11.0 Å². The van der Waals surface area contributed by atoms with E-state index in [1.165, 1.54) is 13.0 Å². The van der Waals surface area contributed by atoms with Crippen LogP contribution in [0, 0.1) is 0 Å². The number of rotatable bonds is 10. The molecule has 0 spiro atoms. The minimum absolute atomic E-state index is 0.0593. The van der Waals surface area contributed by atoms with E-state index in [0.717, 1.165) is 50.3 Å². The standard InChI is InChI=1S/C33H25NO3.C19H13NO3.C3H4Cl2O2/c35-29-20-21-34(22-24-10-4-1-5-11-24)33-31(29)30(26-14-8-3-9-15-26)32(37-33)27-16-18-28(19-17-27)36-23-25-12-6-2-7-13-25;21-14-8-6-13(7-9-14)18-16(12-4-2-1-3-5-12)17-15(22)10-11-20-19(17)23-18;1-2(6)7-3(4)5/h1-21H,22-23H2;1-11,21H,(H,20,22);3H,1H3. The summed E-state index contributed by atoms with van der Waals surface area (Å²) in [6.45, 7) is 2.34. The van der Waals surface area contributed by atoms with Gasteiger partial charge in [0.2, 0.25) is 11.4 Å². The van der Waals surface area contributed by atoms with Gasteiger partial charge in [-0.25, -0.2) is 0 Å². The van der Waals surface area contributed by atoms with Crippen molar-refractivity contribution in [2.75, 3.05) is 0 Å². The third-order valence-electron chi connectivity index (χ3n) is 10.5. The zero-order valence-electron chi connectivity index (χ0n) is 36.0. The fourth-order valence-electron chi connectivity index (χ4n) is 7.46. The van der Waals surface area contributed by atoms with Crippen molar-refractivity contribution >= 4 is 51.4 Å². The van der Waals surface area contributed by atoms with Crippen molar-refractivity contribution in [1.29, 1.82) is 0 Å². The second-order valence-electron chi connectivity index (χ2n) is 15.1. The van der Waals surface area contributed by atoms with Gasteiger partial charge in [0.15, 0.2) is 10.9 Å². The Morgan fingerprint density at radius 1 is 0.612 bits per heavy atom. The van der Waals surface area contributed by atoms with Crippen LogP contribution >= 0.6 is 23.2 Å². The number of aromatic nitrogens is 2. The van der Waals surface area contributed by atoms with E-state index in [9.17, 15) is 19.5 Å². The Hall–Kier alpha value is -8.05. The Bertz CT molecular complexity index is 3330. The summed E-state index contributed by atoms with van der Waals surface area (Å²) >= 11 is 9.99. The molecule has 6 aromatic carbocycles. The second-order valence-corrected chi connectivity index (χ2v) is 16.1. The highest BCUT2D eigenvalue weighted by Crippen LogP contribution is 2.41. The van der Waals surface area contributed by atoms with Gasteiger partial charge in [0.1, 0.15) is 29.6 Å². The molecule has 0 saturated heterocycles. The number of H-pyrrole nitrogens is 1. The number of alkyl halides is 2. The first kappa shape index (κ1) is 45.5. The maximum Gasteiger partial charge on any atom is 0.305 e. The van der Waals surface area contributed by atoms with Crippen LogP contribution < -0.4 is 15.6 Å². The first-order valence-electron chi connectivity index (χ1n) is 21.1. The first-order valence-corrected chi connectivity index (χ1v) is 22.0. The lowest BCUT2D eigenvalue weighted by atomic mass is 9.99. The fourth-order valence-corrected chi connectivity index (χ4v) is 7.71. The number of fused-ring (bicyclic) bond motifs is 2. The SMILES string of the molecule is CC(=O)OC(Cl)Cl.O=c1cc[nH]c2oc(-c3ccc(O)cc3)c(-c3ccccc3)c12.O=c1ccn(Cc2ccccc2)c2oc(-c3ccc(OCc4ccccc4)cc3)c(-c3ccccc3)c12. The van der Waals surface area contributed by atoms with E-state index in [4.69, 9.17) is 36.8 Å². The third kappa shape index (κ3) is 11.1. The summed E-state index contributed by atoms with van der Waals surface area (Å²) in [6.07, 6.45) is 3.38. The molecule has 0 saturated carbocycles. The number of hydrogen-bond acceptors (Lipinski definition) is 8. The number of esters is 1. The van der Waals surface area contributed by atoms with Crippen LogP contribution in [-0.4, -0.2) is 25.6 Å². The van der Waals surface area contributed by atoms with Gasteiger partial charge < -0.3 is 33.0 Å². The monoisotopic (exact) mass is 928 g/mol. The summed E-state index contributed by atoms with van der Waals surface area (Å²) in [4.78, 5) is 38.4. The summed E-state index contributed by atoms with van der Waals surface area (Å²) in [5.74, 6) is 1.75. The van der Waals surface area contributed by atoms with Crippen LogP contribution in [0.15, 0.2) is 213 Å². The molecule has 0 radical (unpaired) electrons. The molecule has 0 aliphatic carbocycles. The van der Waals surface area contributed by atoms with E-state index in [2.05, 4.69) is 21.9 Å². The molecule has 334 valence electrons. The number of carbonyl (C=O) groups excluding carboxylic acids is 1. The molecule has 0 aliphatic rings. The topological polar surface area (TPSA) is 137 Å². The van der Waals surface area contributed by atoms with Gasteiger partial charge in [-0.1, -0.05) is 145 Å². The van der Waals surface area contributed by atoms with Gasteiger partial charge in [0.25, 0.3) is 5.02 Å². The number of aromatic hydroxyl groups is 1. The molecule has 0 amide bonds. The molecular weight excluding hydrogens is 888 g/mol. The van der Waals surface area contributed by atoms with E-state index in [-0.39, 0.29) is 16.6 Å². The number of carbonyl (C=O) groups is 1. The second kappa shape index (κ2) is 21.3. The van der Waals surface area contributed by atoms with Crippen molar-refractivity contribution in [3.63, 3.8) is 0 Å².